The van der Waals surface area contributed by atoms with Gasteiger partial charge in [-0.1, -0.05) is 50.2 Å². The van der Waals surface area contributed by atoms with Gasteiger partial charge in [0.15, 0.2) is 5.82 Å². The first-order valence-electron chi connectivity index (χ1n) is 8.57. The highest BCUT2D eigenvalue weighted by Crippen LogP contribution is 2.16. The fourth-order valence-corrected chi connectivity index (χ4v) is 3.13. The number of amides is 2. The highest BCUT2D eigenvalue weighted by molar-refractivity contribution is 7.12. The molecule has 1 atom stereocenters. The van der Waals surface area contributed by atoms with Crippen molar-refractivity contribution >= 4 is 28.8 Å². The van der Waals surface area contributed by atoms with Gasteiger partial charge in [-0.2, -0.15) is 0 Å². The molecule has 1 unspecified atom stereocenters. The van der Waals surface area contributed by atoms with Gasteiger partial charge in [0.1, 0.15) is 6.04 Å². The molecule has 2 amide bonds. The van der Waals surface area contributed by atoms with Gasteiger partial charge in [-0.05, 0) is 17.4 Å². The Balaban J connectivity index is 1.67. The van der Waals surface area contributed by atoms with Gasteiger partial charge in [0, 0.05) is 5.56 Å². The van der Waals surface area contributed by atoms with Crippen molar-refractivity contribution < 1.29 is 9.59 Å². The van der Waals surface area contributed by atoms with E-state index in [0.29, 0.717) is 16.4 Å². The van der Waals surface area contributed by atoms with E-state index in [1.807, 2.05) is 49.6 Å². The molecule has 7 heteroatoms. The van der Waals surface area contributed by atoms with E-state index in [9.17, 15) is 9.59 Å². The number of nitrogens with one attached hydrogen (secondary N) is 2. The van der Waals surface area contributed by atoms with Crippen molar-refractivity contribution in [1.29, 1.82) is 0 Å². The fourth-order valence-electron chi connectivity index (χ4n) is 2.50. The number of carbonyl (C=O) groups is 2. The van der Waals surface area contributed by atoms with Gasteiger partial charge < -0.3 is 10.6 Å². The van der Waals surface area contributed by atoms with Crippen molar-refractivity contribution in [2.24, 2.45) is 5.92 Å². The molecule has 2 heterocycles. The topological polar surface area (TPSA) is 84.0 Å². The molecular weight excluding hydrogens is 360 g/mol. The van der Waals surface area contributed by atoms with Gasteiger partial charge in [0.25, 0.3) is 5.91 Å². The zero-order chi connectivity index (χ0) is 19.2. The van der Waals surface area contributed by atoms with Crippen LogP contribution in [0.15, 0.2) is 60.2 Å². The maximum absolute atomic E-state index is 12.6. The summed E-state index contributed by atoms with van der Waals surface area (Å²) in [5.74, 6) is -0.0427. The molecule has 6 nitrogen and oxygen atoms in total. The van der Waals surface area contributed by atoms with Crippen molar-refractivity contribution in [2.75, 3.05) is 5.32 Å². The third-order valence-electron chi connectivity index (χ3n) is 3.93. The average Bonchev–Trinajstić information content (AvgIpc) is 3.22. The first kappa shape index (κ1) is 18.7. The molecule has 3 aromatic rings. The van der Waals surface area contributed by atoms with Crippen molar-refractivity contribution in [3.8, 4) is 11.4 Å². The van der Waals surface area contributed by atoms with Crippen LogP contribution in [0.1, 0.15) is 23.5 Å². The lowest BCUT2D eigenvalue weighted by Gasteiger charge is -2.21. The van der Waals surface area contributed by atoms with Crippen LogP contribution < -0.4 is 10.6 Å². The second-order valence-electron chi connectivity index (χ2n) is 6.32. The molecular formula is C20H20N4O2S. The van der Waals surface area contributed by atoms with Crippen LogP contribution in [0.4, 0.5) is 5.69 Å². The molecule has 1 aromatic carbocycles. The Morgan fingerprint density at radius 1 is 1.00 bits per heavy atom. The Labute approximate surface area is 161 Å². The van der Waals surface area contributed by atoms with E-state index in [2.05, 4.69) is 20.6 Å². The third-order valence-corrected chi connectivity index (χ3v) is 4.80. The Morgan fingerprint density at radius 3 is 2.30 bits per heavy atom. The lowest BCUT2D eigenvalue weighted by molar-refractivity contribution is -0.118. The van der Waals surface area contributed by atoms with E-state index in [1.54, 1.807) is 24.5 Å². The van der Waals surface area contributed by atoms with Crippen LogP contribution in [-0.2, 0) is 4.79 Å². The molecule has 3 rings (SSSR count). The third kappa shape index (κ3) is 4.77. The molecule has 0 aliphatic rings. The summed E-state index contributed by atoms with van der Waals surface area (Å²) in [6.07, 6.45) is 3.12. The van der Waals surface area contributed by atoms with Crippen LogP contribution >= 0.6 is 11.3 Å². The summed E-state index contributed by atoms with van der Waals surface area (Å²) in [6, 6.07) is 12.5. The van der Waals surface area contributed by atoms with Crippen LogP contribution in [0.25, 0.3) is 11.4 Å². The summed E-state index contributed by atoms with van der Waals surface area (Å²) in [4.78, 5) is 34.1. The SMILES string of the molecule is CC(C)C(NC(=O)c1cccs1)C(=O)Nc1cnc(-c2ccccc2)nc1. The largest absolute Gasteiger partial charge is 0.339 e. The summed E-state index contributed by atoms with van der Waals surface area (Å²) in [5, 5.41) is 7.40. The predicted octanol–water partition coefficient (Wildman–Crippen LogP) is 3.60. The lowest BCUT2D eigenvalue weighted by atomic mass is 10.0. The number of rotatable bonds is 6. The van der Waals surface area contributed by atoms with E-state index in [4.69, 9.17) is 0 Å². The van der Waals surface area contributed by atoms with Gasteiger partial charge in [0.05, 0.1) is 23.0 Å². The first-order chi connectivity index (χ1) is 13.0. The number of thiophene rings is 1. The number of nitrogens with zero attached hydrogens (tertiary/aromatic N) is 2. The molecule has 2 N–H and O–H groups in total. The van der Waals surface area contributed by atoms with Crippen LogP contribution in [0.5, 0.6) is 0 Å². The number of carbonyl (C=O) groups excluding carboxylic acids is 2. The smallest absolute Gasteiger partial charge is 0.262 e. The molecule has 27 heavy (non-hydrogen) atoms. The summed E-state index contributed by atoms with van der Waals surface area (Å²) in [7, 11) is 0. The summed E-state index contributed by atoms with van der Waals surface area (Å²) < 4.78 is 0. The second-order valence-corrected chi connectivity index (χ2v) is 7.27. The highest BCUT2D eigenvalue weighted by atomic mass is 32.1. The molecule has 0 aliphatic carbocycles. The minimum atomic E-state index is -0.659. The summed E-state index contributed by atoms with van der Waals surface area (Å²) in [5.41, 5.74) is 1.38. The van der Waals surface area contributed by atoms with Crippen LogP contribution in [-0.4, -0.2) is 27.8 Å². The quantitative estimate of drug-likeness (QED) is 0.684. The first-order valence-corrected chi connectivity index (χ1v) is 9.45. The van der Waals surface area contributed by atoms with E-state index >= 15 is 0 Å². The number of anilines is 1. The Morgan fingerprint density at radius 2 is 1.70 bits per heavy atom. The monoisotopic (exact) mass is 380 g/mol. The molecule has 0 saturated carbocycles. The van der Waals surface area contributed by atoms with E-state index in [1.165, 1.54) is 11.3 Å². The molecule has 0 bridgehead atoms. The van der Waals surface area contributed by atoms with Gasteiger partial charge in [0.2, 0.25) is 5.91 Å². The normalized spacial score (nSPS) is 11.8. The fraction of sp³-hybridized carbons (Fsp3) is 0.200. The Kier molecular flexibility index (Phi) is 5.93. The van der Waals surface area contributed by atoms with E-state index in [-0.39, 0.29) is 17.7 Å². The molecule has 2 aromatic heterocycles. The maximum atomic E-state index is 12.6. The minimum Gasteiger partial charge on any atom is -0.339 e. The molecule has 138 valence electrons. The zero-order valence-corrected chi connectivity index (χ0v) is 15.9. The van der Waals surface area contributed by atoms with Gasteiger partial charge in [-0.15, -0.1) is 11.3 Å². The van der Waals surface area contributed by atoms with Gasteiger partial charge in [-0.3, -0.25) is 9.59 Å². The average molecular weight is 380 g/mol. The van der Waals surface area contributed by atoms with Crippen molar-refractivity contribution in [3.63, 3.8) is 0 Å². The standard InChI is InChI=1S/C20H20N4O2S/c1-13(2)17(24-19(25)16-9-6-10-27-16)20(26)23-15-11-21-18(22-12-15)14-7-4-3-5-8-14/h3-13,17H,1-2H3,(H,23,26)(H,24,25). The van der Waals surface area contributed by atoms with Crippen molar-refractivity contribution in [2.45, 2.75) is 19.9 Å². The summed E-state index contributed by atoms with van der Waals surface area (Å²) >= 11 is 1.34. The summed E-state index contributed by atoms with van der Waals surface area (Å²) in [6.45, 7) is 3.77. The van der Waals surface area contributed by atoms with E-state index < -0.39 is 6.04 Å². The molecule has 0 saturated heterocycles. The molecule has 0 spiro atoms. The van der Waals surface area contributed by atoms with Gasteiger partial charge >= 0.3 is 0 Å². The van der Waals surface area contributed by atoms with Crippen molar-refractivity contribution in [1.82, 2.24) is 15.3 Å². The number of hydrogen-bond donors (Lipinski definition) is 2. The molecule has 0 fully saturated rings. The second kappa shape index (κ2) is 8.55. The van der Waals surface area contributed by atoms with Crippen LogP contribution in [0.2, 0.25) is 0 Å². The van der Waals surface area contributed by atoms with Gasteiger partial charge in [-0.25, -0.2) is 9.97 Å². The van der Waals surface area contributed by atoms with Crippen molar-refractivity contribution in [3.05, 3.63) is 65.1 Å². The van der Waals surface area contributed by atoms with Crippen LogP contribution in [0.3, 0.4) is 0 Å². The lowest BCUT2D eigenvalue weighted by Crippen LogP contribution is -2.47. The Hall–Kier alpha value is -3.06. The Bertz CT molecular complexity index is 894. The highest BCUT2D eigenvalue weighted by Gasteiger charge is 2.25. The minimum absolute atomic E-state index is 0.0709. The number of hydrogen-bond acceptors (Lipinski definition) is 5. The maximum Gasteiger partial charge on any atom is 0.262 e. The molecule has 0 aliphatic heterocycles. The zero-order valence-electron chi connectivity index (χ0n) is 15.0. The van der Waals surface area contributed by atoms with Crippen LogP contribution in [0, 0.1) is 5.92 Å². The van der Waals surface area contributed by atoms with E-state index in [0.717, 1.165) is 5.56 Å². The molecule has 0 radical (unpaired) electrons. The predicted molar refractivity (Wildman–Crippen MR) is 107 cm³/mol. The number of aromatic nitrogens is 2. The number of benzene rings is 1.